The van der Waals surface area contributed by atoms with Gasteiger partial charge in [-0.15, -0.1) is 0 Å². The summed E-state index contributed by atoms with van der Waals surface area (Å²) in [6.45, 7) is 0.137. The molecule has 2 aromatic heterocycles. The summed E-state index contributed by atoms with van der Waals surface area (Å²) in [6, 6.07) is 19.4. The minimum atomic E-state index is -0.641. The van der Waals surface area contributed by atoms with Crippen molar-refractivity contribution in [1.82, 2.24) is 19.6 Å². The van der Waals surface area contributed by atoms with Crippen molar-refractivity contribution in [3.8, 4) is 16.9 Å². The SMILES string of the molecule is COC(=O)c1nn(C)cc1NC(=O)c1ccn(COc2ccc(-c3ccccc3)cc2)n1. The molecule has 0 aliphatic heterocycles. The van der Waals surface area contributed by atoms with Crippen LogP contribution < -0.4 is 10.1 Å². The first-order valence-electron chi connectivity index (χ1n) is 9.78. The fourth-order valence-corrected chi connectivity index (χ4v) is 3.08. The number of carbonyl (C=O) groups excluding carboxylic acids is 2. The van der Waals surface area contributed by atoms with Crippen LogP contribution in [0.15, 0.2) is 73.1 Å². The van der Waals surface area contributed by atoms with Crippen LogP contribution in [0.25, 0.3) is 11.1 Å². The maximum atomic E-state index is 12.5. The Kier molecular flexibility index (Phi) is 5.98. The van der Waals surface area contributed by atoms with E-state index in [1.807, 2.05) is 54.6 Å². The van der Waals surface area contributed by atoms with Gasteiger partial charge in [0.05, 0.1) is 12.8 Å². The summed E-state index contributed by atoms with van der Waals surface area (Å²) in [5, 5.41) is 10.9. The van der Waals surface area contributed by atoms with E-state index in [0.29, 0.717) is 5.75 Å². The zero-order valence-electron chi connectivity index (χ0n) is 17.6. The Morgan fingerprint density at radius 3 is 2.41 bits per heavy atom. The predicted octanol–water partition coefficient (Wildman–Crippen LogP) is 3.36. The lowest BCUT2D eigenvalue weighted by Crippen LogP contribution is -2.16. The maximum Gasteiger partial charge on any atom is 0.360 e. The van der Waals surface area contributed by atoms with Gasteiger partial charge < -0.3 is 14.8 Å². The Hall–Kier alpha value is -4.40. The van der Waals surface area contributed by atoms with E-state index in [2.05, 4.69) is 20.3 Å². The molecular weight excluding hydrogens is 410 g/mol. The van der Waals surface area contributed by atoms with E-state index in [4.69, 9.17) is 4.74 Å². The number of nitrogens with zero attached hydrogens (tertiary/aromatic N) is 4. The number of nitrogens with one attached hydrogen (secondary N) is 1. The van der Waals surface area contributed by atoms with Gasteiger partial charge >= 0.3 is 5.97 Å². The van der Waals surface area contributed by atoms with Gasteiger partial charge in [0.15, 0.2) is 18.1 Å². The van der Waals surface area contributed by atoms with Crippen molar-refractivity contribution in [1.29, 1.82) is 0 Å². The molecule has 1 N–H and O–H groups in total. The van der Waals surface area contributed by atoms with E-state index in [0.717, 1.165) is 11.1 Å². The minimum absolute atomic E-state index is 0.0186. The fraction of sp³-hybridized carbons (Fsp3) is 0.130. The summed E-state index contributed by atoms with van der Waals surface area (Å²) in [5.41, 5.74) is 2.66. The molecule has 0 fully saturated rings. The van der Waals surface area contributed by atoms with Crippen LogP contribution >= 0.6 is 0 Å². The first-order chi connectivity index (χ1) is 15.5. The lowest BCUT2D eigenvalue weighted by Gasteiger charge is -2.07. The van der Waals surface area contributed by atoms with Crippen LogP contribution in [0.3, 0.4) is 0 Å². The Morgan fingerprint density at radius 1 is 0.969 bits per heavy atom. The van der Waals surface area contributed by atoms with Crippen LogP contribution in [0.2, 0.25) is 0 Å². The highest BCUT2D eigenvalue weighted by atomic mass is 16.5. The van der Waals surface area contributed by atoms with E-state index >= 15 is 0 Å². The van der Waals surface area contributed by atoms with Gasteiger partial charge in [-0.05, 0) is 29.3 Å². The number of ether oxygens (including phenoxy) is 2. The number of hydrogen-bond donors (Lipinski definition) is 1. The van der Waals surface area contributed by atoms with Crippen molar-refractivity contribution in [2.45, 2.75) is 6.73 Å². The molecule has 162 valence electrons. The van der Waals surface area contributed by atoms with Gasteiger partial charge in [-0.25, -0.2) is 9.48 Å². The molecule has 4 rings (SSSR count). The molecule has 32 heavy (non-hydrogen) atoms. The molecule has 0 spiro atoms. The number of carbonyl (C=O) groups is 2. The van der Waals surface area contributed by atoms with Crippen LogP contribution in [-0.2, 0) is 18.5 Å². The highest BCUT2D eigenvalue weighted by Crippen LogP contribution is 2.22. The predicted molar refractivity (Wildman–Crippen MR) is 117 cm³/mol. The maximum absolute atomic E-state index is 12.5. The first kappa shape index (κ1) is 20.9. The molecule has 2 heterocycles. The molecule has 2 aromatic carbocycles. The number of hydrogen-bond acceptors (Lipinski definition) is 6. The topological polar surface area (TPSA) is 100 Å². The second-order valence-electron chi connectivity index (χ2n) is 6.92. The van der Waals surface area contributed by atoms with E-state index in [1.54, 1.807) is 19.3 Å². The average Bonchev–Trinajstić information content (AvgIpc) is 3.44. The third kappa shape index (κ3) is 4.67. The molecule has 0 saturated heterocycles. The Labute approximate surface area is 184 Å². The lowest BCUT2D eigenvalue weighted by atomic mass is 10.1. The van der Waals surface area contributed by atoms with E-state index in [9.17, 15) is 9.59 Å². The molecule has 4 aromatic rings. The Bertz CT molecular complexity index is 1230. The largest absolute Gasteiger partial charge is 0.471 e. The van der Waals surface area contributed by atoms with Crippen molar-refractivity contribution in [3.63, 3.8) is 0 Å². The van der Waals surface area contributed by atoms with Gasteiger partial charge in [0.25, 0.3) is 5.91 Å². The standard InChI is InChI=1S/C23H21N5O4/c1-27-14-20(21(26-27)23(30)31-2)24-22(29)19-12-13-28(25-19)15-32-18-10-8-17(9-11-18)16-6-4-3-5-7-16/h3-14H,15H2,1-2H3,(H,24,29). The normalized spacial score (nSPS) is 10.6. The van der Waals surface area contributed by atoms with Crippen LogP contribution in [0.4, 0.5) is 5.69 Å². The van der Waals surface area contributed by atoms with Gasteiger partial charge in [-0.1, -0.05) is 42.5 Å². The monoisotopic (exact) mass is 431 g/mol. The molecule has 0 saturated carbocycles. The molecule has 0 unspecified atom stereocenters. The lowest BCUT2D eigenvalue weighted by molar-refractivity contribution is 0.0594. The number of anilines is 1. The Balaban J connectivity index is 1.37. The number of amides is 1. The molecule has 0 bridgehead atoms. The smallest absolute Gasteiger partial charge is 0.360 e. The number of esters is 1. The number of aromatic nitrogens is 4. The van der Waals surface area contributed by atoms with Crippen molar-refractivity contribution in [2.75, 3.05) is 12.4 Å². The highest BCUT2D eigenvalue weighted by Gasteiger charge is 2.20. The summed E-state index contributed by atoms with van der Waals surface area (Å²) in [5.74, 6) is -0.434. The molecule has 0 aliphatic carbocycles. The summed E-state index contributed by atoms with van der Waals surface area (Å²) in [7, 11) is 2.89. The minimum Gasteiger partial charge on any atom is -0.471 e. The van der Waals surface area contributed by atoms with Gasteiger partial charge in [0.1, 0.15) is 5.75 Å². The number of methoxy groups -OCH3 is 1. The quantitative estimate of drug-likeness (QED) is 0.451. The third-order valence-electron chi connectivity index (χ3n) is 4.65. The van der Waals surface area contributed by atoms with E-state index < -0.39 is 11.9 Å². The summed E-state index contributed by atoms with van der Waals surface area (Å²) >= 11 is 0. The fourth-order valence-electron chi connectivity index (χ4n) is 3.08. The third-order valence-corrected chi connectivity index (χ3v) is 4.65. The van der Waals surface area contributed by atoms with Crippen molar-refractivity contribution in [2.24, 2.45) is 7.05 Å². The van der Waals surface area contributed by atoms with Crippen molar-refractivity contribution < 1.29 is 19.1 Å². The van der Waals surface area contributed by atoms with Crippen LogP contribution in [-0.4, -0.2) is 38.5 Å². The first-order valence-corrected chi connectivity index (χ1v) is 9.78. The van der Waals surface area contributed by atoms with Gasteiger partial charge in [0, 0.05) is 19.4 Å². The second-order valence-corrected chi connectivity index (χ2v) is 6.92. The van der Waals surface area contributed by atoms with Gasteiger partial charge in [0.2, 0.25) is 0 Å². The zero-order valence-corrected chi connectivity index (χ0v) is 17.6. The van der Waals surface area contributed by atoms with Gasteiger partial charge in [-0.3, -0.25) is 9.48 Å². The average molecular weight is 431 g/mol. The number of aryl methyl sites for hydroxylation is 1. The molecule has 9 nitrogen and oxygen atoms in total. The highest BCUT2D eigenvalue weighted by molar-refractivity contribution is 6.06. The van der Waals surface area contributed by atoms with Crippen LogP contribution in [0.1, 0.15) is 21.0 Å². The molecular formula is C23H21N5O4. The number of benzene rings is 2. The van der Waals surface area contributed by atoms with E-state index in [1.165, 1.54) is 22.7 Å². The van der Waals surface area contributed by atoms with Crippen molar-refractivity contribution >= 4 is 17.6 Å². The number of rotatable bonds is 7. The van der Waals surface area contributed by atoms with Crippen LogP contribution in [0, 0.1) is 0 Å². The molecule has 0 radical (unpaired) electrons. The molecule has 0 atom stereocenters. The van der Waals surface area contributed by atoms with Gasteiger partial charge in [-0.2, -0.15) is 10.2 Å². The summed E-state index contributed by atoms with van der Waals surface area (Å²) in [4.78, 5) is 24.3. The summed E-state index contributed by atoms with van der Waals surface area (Å²) < 4.78 is 13.4. The molecule has 1 amide bonds. The zero-order chi connectivity index (χ0) is 22.5. The second kappa shape index (κ2) is 9.17. The summed E-state index contributed by atoms with van der Waals surface area (Å²) in [6.07, 6.45) is 3.15. The molecule has 0 aliphatic rings. The van der Waals surface area contributed by atoms with Crippen molar-refractivity contribution in [3.05, 3.63) is 84.4 Å². The molecule has 9 heteroatoms. The van der Waals surface area contributed by atoms with Crippen LogP contribution in [0.5, 0.6) is 5.75 Å². The Morgan fingerprint density at radius 2 is 1.69 bits per heavy atom. The van der Waals surface area contributed by atoms with E-state index in [-0.39, 0.29) is 23.8 Å².